The van der Waals surface area contributed by atoms with Gasteiger partial charge in [-0.25, -0.2) is 0 Å². The van der Waals surface area contributed by atoms with Crippen LogP contribution in [0, 0.1) is 0 Å². The van der Waals surface area contributed by atoms with E-state index in [4.69, 9.17) is 14.2 Å². The molecule has 1 aliphatic heterocycles. The Morgan fingerprint density at radius 2 is 0.793 bits per heavy atom. The van der Waals surface area contributed by atoms with Gasteiger partial charge in [-0.1, -0.05) is 298 Å². The Morgan fingerprint density at radius 1 is 0.448 bits per heavy atom. The number of aliphatic hydroxyl groups excluding tert-OH is 5. The molecule has 11 heteroatoms. The van der Waals surface area contributed by atoms with E-state index >= 15 is 0 Å². The molecule has 0 aliphatic carbocycles. The second kappa shape index (κ2) is 63.0. The predicted octanol–water partition coefficient (Wildman–Crippen LogP) is 18.8. The Morgan fingerprint density at radius 3 is 1.21 bits per heavy atom. The Balaban J connectivity index is 2.60. The maximum absolute atomic E-state index is 13.5. The largest absolute Gasteiger partial charge is 0.454 e. The van der Waals surface area contributed by atoms with E-state index in [-0.39, 0.29) is 19.4 Å². The van der Waals surface area contributed by atoms with Gasteiger partial charge in [-0.3, -0.25) is 9.59 Å². The number of carbonyl (C=O) groups is 2. The highest BCUT2D eigenvalue weighted by Crippen LogP contribution is 2.26. The number of amides is 1. The second-order valence-electron chi connectivity index (χ2n) is 25.0. The summed E-state index contributed by atoms with van der Waals surface area (Å²) < 4.78 is 17.7. The summed E-state index contributed by atoms with van der Waals surface area (Å²) in [5, 5.41) is 57.3. The number of unbranched alkanes of at least 4 members (excludes halogenated alkanes) is 36. The number of carbonyl (C=O) groups excluding carboxylic acids is 2. The van der Waals surface area contributed by atoms with Gasteiger partial charge in [0.25, 0.3) is 0 Å². The molecule has 0 saturated carbocycles. The van der Waals surface area contributed by atoms with Crippen molar-refractivity contribution in [1.29, 1.82) is 0 Å². The smallest absolute Gasteiger partial charge is 0.306 e. The van der Waals surface area contributed by atoms with Gasteiger partial charge in [0.2, 0.25) is 5.91 Å². The van der Waals surface area contributed by atoms with Gasteiger partial charge in [-0.05, 0) is 103 Å². The first-order chi connectivity index (χ1) is 42.7. The van der Waals surface area contributed by atoms with Crippen LogP contribution in [0.1, 0.15) is 323 Å². The molecule has 0 aromatic rings. The summed E-state index contributed by atoms with van der Waals surface area (Å²) in [6.45, 7) is 5.76. The van der Waals surface area contributed by atoms with Crippen LogP contribution in [0.25, 0.3) is 0 Å². The van der Waals surface area contributed by atoms with Crippen molar-refractivity contribution in [2.45, 2.75) is 372 Å². The number of hydrogen-bond acceptors (Lipinski definition) is 10. The van der Waals surface area contributed by atoms with Gasteiger partial charge < -0.3 is 45.1 Å². The summed E-state index contributed by atoms with van der Waals surface area (Å²) in [6.07, 6.45) is 73.3. The van der Waals surface area contributed by atoms with E-state index in [1.807, 2.05) is 6.08 Å². The number of aliphatic hydroxyl groups is 5. The zero-order valence-electron chi connectivity index (χ0n) is 56.1. The lowest BCUT2D eigenvalue weighted by Crippen LogP contribution is -2.61. The van der Waals surface area contributed by atoms with E-state index in [0.717, 1.165) is 96.3 Å². The zero-order chi connectivity index (χ0) is 63.1. The van der Waals surface area contributed by atoms with Crippen LogP contribution in [-0.2, 0) is 23.8 Å². The number of ether oxygens (including phenoxy) is 3. The molecule has 1 fully saturated rings. The minimum absolute atomic E-state index is 0.100. The Hall–Kier alpha value is -3.16. The molecule has 1 heterocycles. The van der Waals surface area contributed by atoms with Crippen molar-refractivity contribution in [1.82, 2.24) is 5.32 Å². The first-order valence-corrected chi connectivity index (χ1v) is 36.4. The lowest BCUT2D eigenvalue weighted by molar-refractivity contribution is -0.305. The lowest BCUT2D eigenvalue weighted by atomic mass is 9.99. The minimum Gasteiger partial charge on any atom is -0.454 e. The monoisotopic (exact) mass is 1220 g/mol. The molecular weight excluding hydrogens is 1090 g/mol. The van der Waals surface area contributed by atoms with E-state index in [2.05, 4.69) is 99.0 Å². The summed E-state index contributed by atoms with van der Waals surface area (Å²) in [6, 6.07) is -1.03. The van der Waals surface area contributed by atoms with Crippen LogP contribution in [0.4, 0.5) is 0 Å². The van der Waals surface area contributed by atoms with E-state index in [1.165, 1.54) is 180 Å². The highest BCUT2D eigenvalue weighted by molar-refractivity contribution is 5.80. The predicted molar refractivity (Wildman–Crippen MR) is 366 cm³/mol. The van der Waals surface area contributed by atoms with Crippen LogP contribution < -0.4 is 5.32 Å². The van der Waals surface area contributed by atoms with Gasteiger partial charge in [-0.15, -0.1) is 0 Å². The van der Waals surface area contributed by atoms with Crippen molar-refractivity contribution >= 4 is 11.9 Å². The van der Waals surface area contributed by atoms with Crippen molar-refractivity contribution < 1.29 is 49.3 Å². The molecule has 0 aromatic heterocycles. The SMILES string of the molecule is CCCCC/C=C\C/C=C\C/C=C\C/C=C\CCCCCCCC(=O)OC1C(OCC(NC(=O)C(O)CCCCCCCCCCCCCCCC/C=C\C/C=C\CCCCC)C(O)/C=C/CCCCCCCCCCCCC)OC(CO)C(O)C1O. The van der Waals surface area contributed by atoms with Crippen LogP contribution in [0.15, 0.2) is 85.1 Å². The molecule has 0 radical (unpaired) electrons. The Bertz CT molecular complexity index is 1740. The molecule has 8 atom stereocenters. The maximum Gasteiger partial charge on any atom is 0.306 e. The zero-order valence-corrected chi connectivity index (χ0v) is 56.1. The fourth-order valence-corrected chi connectivity index (χ4v) is 11.0. The molecule has 504 valence electrons. The van der Waals surface area contributed by atoms with Crippen molar-refractivity contribution in [3.63, 3.8) is 0 Å². The molecule has 0 aromatic carbocycles. The normalized spacial score (nSPS) is 18.7. The number of nitrogens with one attached hydrogen (secondary N) is 1. The van der Waals surface area contributed by atoms with Crippen LogP contribution in [0.5, 0.6) is 0 Å². The summed E-state index contributed by atoms with van der Waals surface area (Å²) in [5.74, 6) is -1.21. The fourth-order valence-electron chi connectivity index (χ4n) is 11.0. The second-order valence-corrected chi connectivity index (χ2v) is 25.0. The molecule has 0 bridgehead atoms. The van der Waals surface area contributed by atoms with Crippen molar-refractivity contribution in [2.75, 3.05) is 13.2 Å². The molecule has 8 unspecified atom stereocenters. The standard InChI is InChI=1S/C76H135NO10/c1-4-7-10-13-16-19-22-25-27-29-31-33-34-35-37-38-40-42-45-48-51-54-57-60-63-69(80)75(84)77-67(68(79)62-59-56-53-50-47-44-24-21-18-15-12-9-6-3)66-85-76-74(73(83)72(82)70(65-78)86-76)87-71(81)64-61-58-55-52-49-46-43-41-39-36-32-30-28-26-23-20-17-14-11-8-5-2/h16-17,19-20,25-28,32,36,41,43,59,62,67-70,72-74,76,78-80,82-83H,4-15,18,21-24,29-31,33-35,37-40,42,44-58,60-61,63-66H2,1-3H3,(H,77,84)/b19-16-,20-17-,27-25-,28-26-,36-32-,43-41-,62-59+. The van der Waals surface area contributed by atoms with E-state index in [9.17, 15) is 35.1 Å². The van der Waals surface area contributed by atoms with Gasteiger partial charge in [0, 0.05) is 6.42 Å². The van der Waals surface area contributed by atoms with Gasteiger partial charge >= 0.3 is 5.97 Å². The van der Waals surface area contributed by atoms with Crippen LogP contribution in [0.3, 0.4) is 0 Å². The lowest BCUT2D eigenvalue weighted by Gasteiger charge is -2.41. The average molecular weight is 1220 g/mol. The van der Waals surface area contributed by atoms with E-state index < -0.39 is 67.4 Å². The summed E-state index contributed by atoms with van der Waals surface area (Å²) >= 11 is 0. The van der Waals surface area contributed by atoms with Crippen molar-refractivity contribution in [3.8, 4) is 0 Å². The molecule has 1 saturated heterocycles. The summed E-state index contributed by atoms with van der Waals surface area (Å²) in [4.78, 5) is 26.7. The molecule has 1 amide bonds. The van der Waals surface area contributed by atoms with E-state index in [1.54, 1.807) is 6.08 Å². The highest BCUT2D eigenvalue weighted by Gasteiger charge is 2.47. The first kappa shape index (κ1) is 81.9. The highest BCUT2D eigenvalue weighted by atomic mass is 16.7. The topological polar surface area (TPSA) is 175 Å². The van der Waals surface area contributed by atoms with Crippen molar-refractivity contribution in [3.05, 3.63) is 85.1 Å². The number of hydrogen-bond donors (Lipinski definition) is 6. The number of esters is 1. The summed E-state index contributed by atoms with van der Waals surface area (Å²) in [7, 11) is 0. The van der Waals surface area contributed by atoms with Crippen LogP contribution >= 0.6 is 0 Å². The molecule has 87 heavy (non-hydrogen) atoms. The van der Waals surface area contributed by atoms with Crippen molar-refractivity contribution in [2.24, 2.45) is 0 Å². The minimum atomic E-state index is -1.63. The average Bonchev–Trinajstić information content (AvgIpc) is 2.32. The van der Waals surface area contributed by atoms with Gasteiger partial charge in [0.15, 0.2) is 12.4 Å². The first-order valence-electron chi connectivity index (χ1n) is 36.4. The number of rotatable bonds is 62. The molecule has 6 N–H and O–H groups in total. The third kappa shape index (κ3) is 50.2. The van der Waals surface area contributed by atoms with Crippen LogP contribution in [-0.4, -0.2) is 99.6 Å². The quantitative estimate of drug-likeness (QED) is 0.0195. The molecule has 1 aliphatic rings. The maximum atomic E-state index is 13.5. The molecular formula is C76H135NO10. The third-order valence-corrected chi connectivity index (χ3v) is 16.8. The fraction of sp³-hybridized carbons (Fsp3) is 0.789. The van der Waals surface area contributed by atoms with Gasteiger partial charge in [0.1, 0.15) is 24.4 Å². The molecule has 0 spiro atoms. The van der Waals surface area contributed by atoms with Gasteiger partial charge in [-0.2, -0.15) is 0 Å². The van der Waals surface area contributed by atoms with E-state index in [0.29, 0.717) is 12.8 Å². The Kier molecular flexibility index (Phi) is 59.3. The molecule has 11 nitrogen and oxygen atoms in total. The number of allylic oxidation sites excluding steroid dienone is 13. The third-order valence-electron chi connectivity index (χ3n) is 16.8. The van der Waals surface area contributed by atoms with Crippen LogP contribution in [0.2, 0.25) is 0 Å². The Labute approximate surface area is 533 Å². The molecule has 1 rings (SSSR count). The van der Waals surface area contributed by atoms with Gasteiger partial charge in [0.05, 0.1) is 25.4 Å². The summed E-state index contributed by atoms with van der Waals surface area (Å²) in [5.41, 5.74) is 0.